The zero-order valence-electron chi connectivity index (χ0n) is 11.2. The molecule has 1 aliphatic rings. The van der Waals surface area contributed by atoms with Crippen molar-refractivity contribution in [3.63, 3.8) is 0 Å². The number of amides is 1. The van der Waals surface area contributed by atoms with Crippen molar-refractivity contribution >= 4 is 23.2 Å². The van der Waals surface area contributed by atoms with Crippen LogP contribution in [0, 0.1) is 5.82 Å². The lowest BCUT2D eigenvalue weighted by Crippen LogP contribution is -2.12. The number of carbonyl (C=O) groups is 1. The van der Waals surface area contributed by atoms with E-state index >= 15 is 0 Å². The molecule has 2 aromatic rings. The topological polar surface area (TPSA) is 55.1 Å². The Hall–Kier alpha value is -1.88. The van der Waals surface area contributed by atoms with Crippen molar-refractivity contribution in [1.29, 1.82) is 0 Å². The fourth-order valence-electron chi connectivity index (χ4n) is 2.57. The standard InChI is InChI=1S/C15H14ClFN2O2/c16-11-7-10(5-6-12(11)17)18-15(20)13-8-14(21-19-13)9-3-1-2-4-9/h5-9H,1-4H2,(H,18,20). The Labute approximate surface area is 126 Å². The van der Waals surface area contributed by atoms with Crippen LogP contribution in [0.3, 0.4) is 0 Å². The number of carbonyl (C=O) groups excluding carboxylic acids is 1. The molecule has 4 nitrogen and oxygen atoms in total. The minimum absolute atomic E-state index is 0.0420. The number of rotatable bonds is 3. The quantitative estimate of drug-likeness (QED) is 0.915. The van der Waals surface area contributed by atoms with Crippen LogP contribution in [0.5, 0.6) is 0 Å². The molecule has 1 aliphatic carbocycles. The molecular weight excluding hydrogens is 295 g/mol. The fourth-order valence-corrected chi connectivity index (χ4v) is 2.75. The third-order valence-corrected chi connectivity index (χ3v) is 3.99. The highest BCUT2D eigenvalue weighted by Gasteiger charge is 2.23. The van der Waals surface area contributed by atoms with E-state index in [-0.39, 0.29) is 10.7 Å². The Bertz CT molecular complexity index is 665. The van der Waals surface area contributed by atoms with E-state index in [1.807, 2.05) is 0 Å². The van der Waals surface area contributed by atoms with Gasteiger partial charge in [0.15, 0.2) is 5.69 Å². The van der Waals surface area contributed by atoms with E-state index in [0.29, 0.717) is 11.6 Å². The second kappa shape index (κ2) is 5.85. The first-order chi connectivity index (χ1) is 10.1. The molecule has 0 spiro atoms. The maximum Gasteiger partial charge on any atom is 0.277 e. The van der Waals surface area contributed by atoms with Gasteiger partial charge in [0.05, 0.1) is 5.02 Å². The summed E-state index contributed by atoms with van der Waals surface area (Å²) in [4.78, 5) is 12.1. The predicted molar refractivity (Wildman–Crippen MR) is 77.1 cm³/mol. The summed E-state index contributed by atoms with van der Waals surface area (Å²) >= 11 is 5.67. The summed E-state index contributed by atoms with van der Waals surface area (Å²) in [6, 6.07) is 5.67. The molecule has 1 aromatic heterocycles. The number of hydrogen-bond acceptors (Lipinski definition) is 3. The third kappa shape index (κ3) is 3.08. The molecule has 1 amide bonds. The van der Waals surface area contributed by atoms with E-state index in [2.05, 4.69) is 10.5 Å². The van der Waals surface area contributed by atoms with Gasteiger partial charge in [0.1, 0.15) is 11.6 Å². The predicted octanol–water partition coefficient (Wildman–Crippen LogP) is 4.38. The molecular formula is C15H14ClFN2O2. The summed E-state index contributed by atoms with van der Waals surface area (Å²) < 4.78 is 18.3. The van der Waals surface area contributed by atoms with E-state index in [9.17, 15) is 9.18 Å². The van der Waals surface area contributed by atoms with Gasteiger partial charge >= 0.3 is 0 Å². The van der Waals surface area contributed by atoms with Crippen LogP contribution in [0.2, 0.25) is 5.02 Å². The monoisotopic (exact) mass is 308 g/mol. The number of anilines is 1. The normalized spacial score (nSPS) is 15.3. The fraction of sp³-hybridized carbons (Fsp3) is 0.333. The summed E-state index contributed by atoms with van der Waals surface area (Å²) in [5, 5.41) is 6.38. The second-order valence-electron chi connectivity index (χ2n) is 5.18. The zero-order valence-corrected chi connectivity index (χ0v) is 12.0. The van der Waals surface area contributed by atoms with Gasteiger partial charge in [0.25, 0.3) is 5.91 Å². The highest BCUT2D eigenvalue weighted by atomic mass is 35.5. The summed E-state index contributed by atoms with van der Waals surface area (Å²) in [6.45, 7) is 0. The average molecular weight is 309 g/mol. The van der Waals surface area contributed by atoms with Crippen molar-refractivity contribution in [2.75, 3.05) is 5.32 Å². The lowest BCUT2D eigenvalue weighted by Gasteiger charge is -2.03. The number of nitrogens with zero attached hydrogens (tertiary/aromatic N) is 1. The number of nitrogens with one attached hydrogen (secondary N) is 1. The lowest BCUT2D eigenvalue weighted by molar-refractivity contribution is 0.101. The zero-order chi connectivity index (χ0) is 14.8. The number of halogens is 2. The summed E-state index contributed by atoms with van der Waals surface area (Å²) in [5.74, 6) is 0.194. The summed E-state index contributed by atoms with van der Waals surface area (Å²) in [5.41, 5.74) is 0.633. The van der Waals surface area contributed by atoms with Gasteiger partial charge in [-0.3, -0.25) is 4.79 Å². The van der Waals surface area contributed by atoms with E-state index in [0.717, 1.165) is 18.6 Å². The Balaban J connectivity index is 1.71. The van der Waals surface area contributed by atoms with Crippen LogP contribution in [-0.4, -0.2) is 11.1 Å². The van der Waals surface area contributed by atoms with Crippen LogP contribution in [-0.2, 0) is 0 Å². The van der Waals surface area contributed by atoms with Crippen molar-refractivity contribution < 1.29 is 13.7 Å². The molecule has 0 saturated heterocycles. The minimum Gasteiger partial charge on any atom is -0.360 e. The van der Waals surface area contributed by atoms with E-state index in [1.54, 1.807) is 6.07 Å². The van der Waals surface area contributed by atoms with E-state index in [1.165, 1.54) is 31.0 Å². The number of aromatic nitrogens is 1. The maximum atomic E-state index is 13.1. The Morgan fingerprint density at radius 1 is 1.33 bits per heavy atom. The molecule has 0 bridgehead atoms. The highest BCUT2D eigenvalue weighted by molar-refractivity contribution is 6.31. The van der Waals surface area contributed by atoms with Crippen molar-refractivity contribution in [1.82, 2.24) is 5.16 Å². The van der Waals surface area contributed by atoms with Crippen LogP contribution in [0.1, 0.15) is 47.8 Å². The summed E-state index contributed by atoms with van der Waals surface area (Å²) in [6.07, 6.45) is 4.51. The van der Waals surface area contributed by atoms with Crippen LogP contribution >= 0.6 is 11.6 Å². The maximum absolute atomic E-state index is 13.1. The van der Waals surface area contributed by atoms with Crippen molar-refractivity contribution in [2.45, 2.75) is 31.6 Å². The van der Waals surface area contributed by atoms with Crippen molar-refractivity contribution in [3.8, 4) is 0 Å². The largest absolute Gasteiger partial charge is 0.360 e. The van der Waals surface area contributed by atoms with Gasteiger partial charge in [-0.1, -0.05) is 29.6 Å². The Kier molecular flexibility index (Phi) is 3.92. The molecule has 1 fully saturated rings. The third-order valence-electron chi connectivity index (χ3n) is 3.70. The van der Waals surface area contributed by atoms with Gasteiger partial charge in [0, 0.05) is 17.7 Å². The average Bonchev–Trinajstić information content (AvgIpc) is 3.12. The number of benzene rings is 1. The van der Waals surface area contributed by atoms with Gasteiger partial charge in [-0.15, -0.1) is 0 Å². The van der Waals surface area contributed by atoms with Gasteiger partial charge in [0.2, 0.25) is 0 Å². The van der Waals surface area contributed by atoms with Crippen LogP contribution in [0.25, 0.3) is 0 Å². The summed E-state index contributed by atoms with van der Waals surface area (Å²) in [7, 11) is 0. The van der Waals surface area contributed by atoms with Gasteiger partial charge in [-0.2, -0.15) is 0 Å². The van der Waals surface area contributed by atoms with Gasteiger partial charge in [-0.25, -0.2) is 4.39 Å². The molecule has 110 valence electrons. The van der Waals surface area contributed by atoms with Crippen LogP contribution in [0.4, 0.5) is 10.1 Å². The van der Waals surface area contributed by atoms with E-state index < -0.39 is 11.7 Å². The van der Waals surface area contributed by atoms with Crippen LogP contribution in [0.15, 0.2) is 28.8 Å². The highest BCUT2D eigenvalue weighted by Crippen LogP contribution is 2.34. The SMILES string of the molecule is O=C(Nc1ccc(F)c(Cl)c1)c1cc(C2CCCC2)on1. The molecule has 0 unspecified atom stereocenters. The van der Waals surface area contributed by atoms with Crippen molar-refractivity contribution in [2.24, 2.45) is 0 Å². The van der Waals surface area contributed by atoms with E-state index in [4.69, 9.17) is 16.1 Å². The first kappa shape index (κ1) is 14.1. The molecule has 6 heteroatoms. The second-order valence-corrected chi connectivity index (χ2v) is 5.59. The molecule has 1 heterocycles. The molecule has 1 saturated carbocycles. The van der Waals surface area contributed by atoms with Crippen molar-refractivity contribution in [3.05, 3.63) is 46.6 Å². The van der Waals surface area contributed by atoms with Gasteiger partial charge in [-0.05, 0) is 31.0 Å². The Morgan fingerprint density at radius 2 is 2.10 bits per heavy atom. The molecule has 0 atom stereocenters. The smallest absolute Gasteiger partial charge is 0.277 e. The minimum atomic E-state index is -0.528. The Morgan fingerprint density at radius 3 is 2.81 bits per heavy atom. The lowest BCUT2D eigenvalue weighted by atomic mass is 10.1. The molecule has 0 radical (unpaired) electrons. The molecule has 1 N–H and O–H groups in total. The molecule has 21 heavy (non-hydrogen) atoms. The van der Waals surface area contributed by atoms with Gasteiger partial charge < -0.3 is 9.84 Å². The first-order valence-corrected chi connectivity index (χ1v) is 7.24. The molecule has 3 rings (SSSR count). The molecule has 1 aromatic carbocycles. The molecule has 0 aliphatic heterocycles. The first-order valence-electron chi connectivity index (χ1n) is 6.86. The van der Waals surface area contributed by atoms with Crippen LogP contribution < -0.4 is 5.32 Å². The number of hydrogen-bond donors (Lipinski definition) is 1.